The maximum absolute atomic E-state index is 12.9. The molecule has 8 heteroatoms. The lowest BCUT2D eigenvalue weighted by atomic mass is 10.1. The van der Waals surface area contributed by atoms with Crippen LogP contribution in [0.15, 0.2) is 78.5 Å². The molecule has 0 fully saturated rings. The zero-order chi connectivity index (χ0) is 21.5. The third-order valence-corrected chi connectivity index (χ3v) is 4.33. The van der Waals surface area contributed by atoms with Crippen molar-refractivity contribution in [3.8, 4) is 0 Å². The number of carbonyl (C=O) groups excluding carboxylic acids is 2. The van der Waals surface area contributed by atoms with Gasteiger partial charge >= 0.3 is 5.97 Å². The number of aromatic carboxylic acids is 1. The van der Waals surface area contributed by atoms with Gasteiger partial charge in [0.15, 0.2) is 0 Å². The summed E-state index contributed by atoms with van der Waals surface area (Å²) >= 11 is 6.07. The molecule has 2 aromatic carbocycles. The van der Waals surface area contributed by atoms with Crippen LogP contribution in [0.3, 0.4) is 0 Å². The summed E-state index contributed by atoms with van der Waals surface area (Å²) in [6.07, 6.45) is 2.78. The second-order valence-electron chi connectivity index (χ2n) is 6.07. The first-order valence-corrected chi connectivity index (χ1v) is 9.16. The monoisotopic (exact) mass is 421 g/mol. The van der Waals surface area contributed by atoms with Crippen LogP contribution in [0.5, 0.6) is 0 Å². The number of carboxylic acids is 1. The van der Waals surface area contributed by atoms with Crippen molar-refractivity contribution in [2.75, 3.05) is 10.6 Å². The van der Waals surface area contributed by atoms with Gasteiger partial charge in [-0.1, -0.05) is 48.0 Å². The smallest absolute Gasteiger partial charge is 0.337 e. The number of aromatic nitrogens is 1. The number of rotatable bonds is 6. The van der Waals surface area contributed by atoms with Crippen LogP contribution in [-0.2, 0) is 9.59 Å². The molecule has 0 saturated heterocycles. The minimum Gasteiger partial charge on any atom is -0.478 e. The van der Waals surface area contributed by atoms with Gasteiger partial charge < -0.3 is 15.7 Å². The van der Waals surface area contributed by atoms with Gasteiger partial charge in [0, 0.05) is 17.4 Å². The molecule has 2 amide bonds. The number of hydrogen-bond acceptors (Lipinski definition) is 4. The summed E-state index contributed by atoms with van der Waals surface area (Å²) in [5, 5.41) is 14.6. The molecule has 0 aliphatic carbocycles. The van der Waals surface area contributed by atoms with E-state index in [1.165, 1.54) is 30.5 Å². The highest BCUT2D eigenvalue weighted by atomic mass is 35.5. The Balaban J connectivity index is 1.97. The van der Waals surface area contributed by atoms with E-state index < -0.39 is 17.8 Å². The van der Waals surface area contributed by atoms with Gasteiger partial charge in [-0.2, -0.15) is 0 Å². The number of hydrogen-bond donors (Lipinski definition) is 3. The summed E-state index contributed by atoms with van der Waals surface area (Å²) in [7, 11) is 0. The fourth-order valence-electron chi connectivity index (χ4n) is 2.58. The Morgan fingerprint density at radius 2 is 1.53 bits per heavy atom. The summed E-state index contributed by atoms with van der Waals surface area (Å²) in [6.45, 7) is 0. The minimum atomic E-state index is -1.21. The topological polar surface area (TPSA) is 108 Å². The Morgan fingerprint density at radius 1 is 0.867 bits per heavy atom. The maximum Gasteiger partial charge on any atom is 0.337 e. The van der Waals surface area contributed by atoms with Crippen LogP contribution in [-0.4, -0.2) is 27.9 Å². The van der Waals surface area contributed by atoms with Gasteiger partial charge in [-0.25, -0.2) is 9.78 Å². The Hall–Kier alpha value is -3.97. The number of para-hydroxylation sites is 2. The molecule has 1 aromatic heterocycles. The highest BCUT2D eigenvalue weighted by Crippen LogP contribution is 2.20. The number of amides is 2. The number of nitrogens with zero attached hydrogens (tertiary/aromatic N) is 1. The molecular weight excluding hydrogens is 406 g/mol. The molecule has 0 bridgehead atoms. The van der Waals surface area contributed by atoms with Crippen molar-refractivity contribution in [1.29, 1.82) is 0 Å². The van der Waals surface area contributed by atoms with Crippen molar-refractivity contribution >= 4 is 46.8 Å². The van der Waals surface area contributed by atoms with E-state index in [1.54, 1.807) is 48.5 Å². The average molecular weight is 422 g/mol. The first-order valence-electron chi connectivity index (χ1n) is 8.78. The lowest BCUT2D eigenvalue weighted by molar-refractivity contribution is -0.118. The molecule has 1 heterocycles. The molecule has 3 aromatic rings. The van der Waals surface area contributed by atoms with Gasteiger partial charge in [-0.15, -0.1) is 0 Å². The molecule has 0 aliphatic heterocycles. The number of nitrogens with one attached hydrogen (secondary N) is 2. The Bertz CT molecular complexity index is 1130. The Labute approximate surface area is 177 Å². The van der Waals surface area contributed by atoms with Crippen LogP contribution in [0.4, 0.5) is 11.4 Å². The predicted octanol–water partition coefficient (Wildman–Crippen LogP) is 4.09. The van der Waals surface area contributed by atoms with Crippen molar-refractivity contribution in [3.05, 3.63) is 94.8 Å². The number of halogens is 1. The van der Waals surface area contributed by atoms with Crippen LogP contribution < -0.4 is 10.6 Å². The van der Waals surface area contributed by atoms with E-state index in [1.807, 2.05) is 0 Å². The summed E-state index contributed by atoms with van der Waals surface area (Å²) in [6, 6.07) is 17.7. The molecule has 0 aliphatic rings. The van der Waals surface area contributed by atoms with E-state index in [0.29, 0.717) is 11.3 Å². The lowest BCUT2D eigenvalue weighted by Crippen LogP contribution is -2.26. The SMILES string of the molecule is O=C(Nc1ccccc1)/C(=C\c1cccnc1Cl)C(=O)Nc1ccccc1C(=O)O. The van der Waals surface area contributed by atoms with Crippen molar-refractivity contribution in [1.82, 2.24) is 4.98 Å². The fraction of sp³-hybridized carbons (Fsp3) is 0. The molecule has 3 rings (SSSR count). The number of anilines is 2. The molecule has 0 spiro atoms. The molecule has 0 radical (unpaired) electrons. The van der Waals surface area contributed by atoms with Crippen molar-refractivity contribution in [2.45, 2.75) is 0 Å². The van der Waals surface area contributed by atoms with Gasteiger partial charge in [0.05, 0.1) is 11.3 Å². The Morgan fingerprint density at radius 3 is 2.23 bits per heavy atom. The van der Waals surface area contributed by atoms with E-state index in [4.69, 9.17) is 11.6 Å². The molecule has 0 saturated carbocycles. The van der Waals surface area contributed by atoms with Gasteiger partial charge in [0.1, 0.15) is 10.7 Å². The molecule has 0 unspecified atom stereocenters. The van der Waals surface area contributed by atoms with Gasteiger partial charge in [-0.05, 0) is 36.4 Å². The zero-order valence-electron chi connectivity index (χ0n) is 15.5. The third-order valence-electron chi connectivity index (χ3n) is 4.01. The van der Waals surface area contributed by atoms with E-state index in [0.717, 1.165) is 0 Å². The van der Waals surface area contributed by atoms with E-state index in [-0.39, 0.29) is 22.0 Å². The van der Waals surface area contributed by atoms with Crippen LogP contribution in [0, 0.1) is 0 Å². The molecule has 0 atom stereocenters. The van der Waals surface area contributed by atoms with Gasteiger partial charge in [0.2, 0.25) is 0 Å². The number of benzene rings is 2. The second-order valence-corrected chi connectivity index (χ2v) is 6.42. The number of pyridine rings is 1. The predicted molar refractivity (Wildman–Crippen MR) is 114 cm³/mol. The van der Waals surface area contributed by atoms with Crippen molar-refractivity contribution in [3.63, 3.8) is 0 Å². The van der Waals surface area contributed by atoms with Crippen molar-refractivity contribution in [2.24, 2.45) is 0 Å². The normalized spacial score (nSPS) is 10.9. The average Bonchev–Trinajstić information content (AvgIpc) is 2.74. The largest absolute Gasteiger partial charge is 0.478 e. The molecule has 3 N–H and O–H groups in total. The lowest BCUT2D eigenvalue weighted by Gasteiger charge is -2.12. The molecular formula is C22H16ClN3O4. The Kier molecular flexibility index (Phi) is 6.56. The fourth-order valence-corrected chi connectivity index (χ4v) is 2.76. The van der Waals surface area contributed by atoms with Gasteiger partial charge in [-0.3, -0.25) is 9.59 Å². The van der Waals surface area contributed by atoms with Crippen LogP contribution in [0.1, 0.15) is 15.9 Å². The minimum absolute atomic E-state index is 0.0608. The van der Waals surface area contributed by atoms with Crippen LogP contribution >= 0.6 is 11.6 Å². The highest BCUT2D eigenvalue weighted by molar-refractivity contribution is 6.33. The van der Waals surface area contributed by atoms with E-state index >= 15 is 0 Å². The first kappa shape index (κ1) is 20.8. The maximum atomic E-state index is 12.9. The first-order chi connectivity index (χ1) is 14.5. The molecule has 7 nitrogen and oxygen atoms in total. The summed E-state index contributed by atoms with van der Waals surface area (Å²) in [5.41, 5.74) is 0.538. The van der Waals surface area contributed by atoms with E-state index in [2.05, 4.69) is 15.6 Å². The second kappa shape index (κ2) is 9.49. The highest BCUT2D eigenvalue weighted by Gasteiger charge is 2.21. The summed E-state index contributed by atoms with van der Waals surface area (Å²) < 4.78 is 0. The molecule has 30 heavy (non-hydrogen) atoms. The van der Waals surface area contributed by atoms with Gasteiger partial charge in [0.25, 0.3) is 11.8 Å². The van der Waals surface area contributed by atoms with Crippen LogP contribution in [0.25, 0.3) is 6.08 Å². The van der Waals surface area contributed by atoms with Crippen molar-refractivity contribution < 1.29 is 19.5 Å². The summed E-state index contributed by atoms with van der Waals surface area (Å²) in [4.78, 5) is 41.1. The van der Waals surface area contributed by atoms with Crippen LogP contribution in [0.2, 0.25) is 5.15 Å². The quantitative estimate of drug-likeness (QED) is 0.240. The number of carbonyl (C=O) groups is 3. The zero-order valence-corrected chi connectivity index (χ0v) is 16.3. The third kappa shape index (κ3) is 5.09. The summed E-state index contributed by atoms with van der Waals surface area (Å²) in [5.74, 6) is -2.69. The standard InChI is InChI=1S/C22H16ClN3O4/c23-19-14(7-6-12-24-19)13-17(20(27)25-15-8-2-1-3-9-15)21(28)26-18-11-5-4-10-16(18)22(29)30/h1-13H,(H,25,27)(H,26,28)(H,29,30)/b17-13+. The van der Waals surface area contributed by atoms with E-state index in [9.17, 15) is 19.5 Å². The number of carboxylic acid groups (broad SMARTS) is 1. The molecule has 150 valence electrons.